The Hall–Kier alpha value is -1.44. The lowest BCUT2D eigenvalue weighted by Crippen LogP contribution is -2.50. The predicted octanol–water partition coefficient (Wildman–Crippen LogP) is 3.06. The number of nitrogens with two attached hydrogens (primary N) is 1. The van der Waals surface area contributed by atoms with E-state index in [0.717, 1.165) is 36.0 Å². The molecular weight excluding hydrogens is 302 g/mol. The van der Waals surface area contributed by atoms with Gasteiger partial charge in [-0.1, -0.05) is 0 Å². The van der Waals surface area contributed by atoms with Crippen molar-refractivity contribution < 1.29 is 0 Å². The highest BCUT2D eigenvalue weighted by atomic mass is 32.1. The number of fused-ring (bicyclic) bond motifs is 1. The van der Waals surface area contributed by atoms with Gasteiger partial charge in [-0.15, -0.1) is 27.8 Å². The molecule has 5 nitrogen and oxygen atoms in total. The molecule has 0 aliphatic carbocycles. The van der Waals surface area contributed by atoms with Crippen molar-refractivity contribution in [2.45, 2.75) is 31.8 Å². The molecule has 0 amide bonds. The third kappa shape index (κ3) is 2.25. The average Bonchev–Trinajstić information content (AvgIpc) is 3.14. The quantitative estimate of drug-likeness (QED) is 0.761. The van der Waals surface area contributed by atoms with E-state index in [2.05, 4.69) is 44.5 Å². The van der Waals surface area contributed by atoms with Gasteiger partial charge in [0.1, 0.15) is 0 Å². The number of hydrogen-bond donors (Lipinski definition) is 2. The first-order chi connectivity index (χ1) is 10.2. The van der Waals surface area contributed by atoms with Gasteiger partial charge >= 0.3 is 0 Å². The Labute approximate surface area is 130 Å². The Morgan fingerprint density at radius 2 is 2.33 bits per heavy atom. The van der Waals surface area contributed by atoms with Gasteiger partial charge in [-0.05, 0) is 37.3 Å². The van der Waals surface area contributed by atoms with Crippen molar-refractivity contribution >= 4 is 38.0 Å². The molecule has 110 valence electrons. The van der Waals surface area contributed by atoms with Gasteiger partial charge in [0.05, 0.1) is 4.88 Å². The minimum Gasteiger partial charge on any atom is -0.335 e. The third-order valence-corrected chi connectivity index (χ3v) is 6.25. The standard InChI is InChI=1S/C14H17N5S2/c1-8-9(15)3-2-5-19(8)14-16-13(17-18-14)12-7-11-10(21-12)4-6-20-11/h4,6-9H,2-3,5,15H2,1H3,(H,16,17,18). The summed E-state index contributed by atoms with van der Waals surface area (Å²) < 4.78 is 2.61. The van der Waals surface area contributed by atoms with E-state index in [1.165, 1.54) is 9.40 Å². The van der Waals surface area contributed by atoms with Crippen LogP contribution in [0, 0.1) is 0 Å². The van der Waals surface area contributed by atoms with Crippen molar-refractivity contribution in [3.63, 3.8) is 0 Å². The maximum atomic E-state index is 6.16. The van der Waals surface area contributed by atoms with Gasteiger partial charge in [-0.3, -0.25) is 5.10 Å². The molecule has 0 spiro atoms. The van der Waals surface area contributed by atoms with E-state index >= 15 is 0 Å². The van der Waals surface area contributed by atoms with Crippen LogP contribution in [0.2, 0.25) is 0 Å². The summed E-state index contributed by atoms with van der Waals surface area (Å²) in [5.74, 6) is 1.62. The Morgan fingerprint density at radius 1 is 1.43 bits per heavy atom. The van der Waals surface area contributed by atoms with Crippen LogP contribution < -0.4 is 10.6 Å². The summed E-state index contributed by atoms with van der Waals surface area (Å²) in [6.07, 6.45) is 2.18. The first-order valence-corrected chi connectivity index (χ1v) is 8.84. The zero-order chi connectivity index (χ0) is 14.4. The van der Waals surface area contributed by atoms with Gasteiger partial charge < -0.3 is 10.6 Å². The van der Waals surface area contributed by atoms with Crippen LogP contribution in [0.15, 0.2) is 17.5 Å². The molecule has 0 bridgehead atoms. The number of rotatable bonds is 2. The van der Waals surface area contributed by atoms with Crippen molar-refractivity contribution in [3.8, 4) is 10.7 Å². The summed E-state index contributed by atoms with van der Waals surface area (Å²) in [5.41, 5.74) is 6.16. The molecule has 0 radical (unpaired) electrons. The number of aromatic nitrogens is 3. The summed E-state index contributed by atoms with van der Waals surface area (Å²) in [4.78, 5) is 8.04. The smallest absolute Gasteiger partial charge is 0.245 e. The van der Waals surface area contributed by atoms with Gasteiger partial charge in [-0.2, -0.15) is 4.98 Å². The SMILES string of the molecule is CC1C(N)CCCN1c1n[nH]c(-c2cc3sccc3s2)n1. The Kier molecular flexibility index (Phi) is 3.20. The molecule has 1 aliphatic heterocycles. The summed E-state index contributed by atoms with van der Waals surface area (Å²) in [6, 6.07) is 4.82. The number of piperidine rings is 1. The fourth-order valence-corrected chi connectivity index (χ4v) is 4.88. The molecule has 2 unspecified atom stereocenters. The fraction of sp³-hybridized carbons (Fsp3) is 0.429. The number of anilines is 1. The first kappa shape index (κ1) is 13.2. The minimum atomic E-state index is 0.202. The van der Waals surface area contributed by atoms with E-state index < -0.39 is 0 Å². The van der Waals surface area contributed by atoms with E-state index in [4.69, 9.17) is 5.73 Å². The number of nitrogens with one attached hydrogen (secondary N) is 1. The molecule has 1 fully saturated rings. The van der Waals surface area contributed by atoms with Gasteiger partial charge in [0.15, 0.2) is 5.82 Å². The summed E-state index contributed by atoms with van der Waals surface area (Å²) in [5, 5.41) is 9.60. The maximum Gasteiger partial charge on any atom is 0.245 e. The van der Waals surface area contributed by atoms with E-state index in [1.807, 2.05) is 0 Å². The molecule has 3 aromatic rings. The summed E-state index contributed by atoms with van der Waals surface area (Å²) in [7, 11) is 0. The second-order valence-corrected chi connectivity index (χ2v) is 7.52. The van der Waals surface area contributed by atoms with Crippen LogP contribution in [0.25, 0.3) is 20.1 Å². The molecule has 4 rings (SSSR count). The van der Waals surface area contributed by atoms with Crippen LogP contribution in [0.3, 0.4) is 0 Å². The molecular formula is C14H17N5S2. The highest BCUT2D eigenvalue weighted by Crippen LogP contribution is 2.35. The van der Waals surface area contributed by atoms with Crippen LogP contribution >= 0.6 is 22.7 Å². The molecule has 4 heterocycles. The Bertz CT molecular complexity index is 730. The van der Waals surface area contributed by atoms with E-state index in [1.54, 1.807) is 22.7 Å². The predicted molar refractivity (Wildman–Crippen MR) is 89.1 cm³/mol. The average molecular weight is 319 g/mol. The van der Waals surface area contributed by atoms with Crippen LogP contribution in [0.4, 0.5) is 5.95 Å². The molecule has 1 aliphatic rings. The van der Waals surface area contributed by atoms with E-state index in [-0.39, 0.29) is 12.1 Å². The second-order valence-electron chi connectivity index (χ2n) is 5.48. The lowest BCUT2D eigenvalue weighted by molar-refractivity contribution is 0.416. The maximum absolute atomic E-state index is 6.16. The number of hydrogen-bond acceptors (Lipinski definition) is 6. The summed E-state index contributed by atoms with van der Waals surface area (Å²) in [6.45, 7) is 3.13. The number of thiophene rings is 2. The molecule has 3 N–H and O–H groups in total. The third-order valence-electron chi connectivity index (χ3n) is 4.15. The molecule has 7 heteroatoms. The Balaban J connectivity index is 1.64. The molecule has 0 saturated carbocycles. The van der Waals surface area contributed by atoms with E-state index in [9.17, 15) is 0 Å². The molecule has 3 aromatic heterocycles. The van der Waals surface area contributed by atoms with Crippen molar-refractivity contribution in [2.75, 3.05) is 11.4 Å². The number of H-pyrrole nitrogens is 1. The lowest BCUT2D eigenvalue weighted by atomic mass is 9.99. The molecule has 2 atom stereocenters. The van der Waals surface area contributed by atoms with Gasteiger partial charge in [-0.25, -0.2) is 0 Å². The minimum absolute atomic E-state index is 0.202. The van der Waals surface area contributed by atoms with Gasteiger partial charge in [0.25, 0.3) is 0 Å². The lowest BCUT2D eigenvalue weighted by Gasteiger charge is -2.36. The van der Waals surface area contributed by atoms with Crippen molar-refractivity contribution in [3.05, 3.63) is 17.5 Å². The zero-order valence-electron chi connectivity index (χ0n) is 11.7. The highest BCUT2D eigenvalue weighted by Gasteiger charge is 2.28. The molecule has 1 saturated heterocycles. The normalized spacial score (nSPS) is 23.0. The molecule has 0 aromatic carbocycles. The Morgan fingerprint density at radius 3 is 3.19 bits per heavy atom. The number of aromatic amines is 1. The fourth-order valence-electron chi connectivity index (χ4n) is 2.83. The van der Waals surface area contributed by atoms with E-state index in [0.29, 0.717) is 0 Å². The van der Waals surface area contributed by atoms with Crippen LogP contribution in [0.1, 0.15) is 19.8 Å². The van der Waals surface area contributed by atoms with Crippen LogP contribution in [-0.4, -0.2) is 33.8 Å². The zero-order valence-corrected chi connectivity index (χ0v) is 13.4. The molecule has 21 heavy (non-hydrogen) atoms. The van der Waals surface area contributed by atoms with Crippen LogP contribution in [-0.2, 0) is 0 Å². The monoisotopic (exact) mass is 319 g/mol. The second kappa shape index (κ2) is 5.08. The highest BCUT2D eigenvalue weighted by molar-refractivity contribution is 7.28. The summed E-state index contributed by atoms with van der Waals surface area (Å²) >= 11 is 3.51. The van der Waals surface area contributed by atoms with Crippen molar-refractivity contribution in [2.24, 2.45) is 5.73 Å². The van der Waals surface area contributed by atoms with Gasteiger partial charge in [0, 0.05) is 28.0 Å². The van der Waals surface area contributed by atoms with Gasteiger partial charge in [0.2, 0.25) is 5.95 Å². The van der Waals surface area contributed by atoms with Crippen molar-refractivity contribution in [1.82, 2.24) is 15.2 Å². The topological polar surface area (TPSA) is 70.8 Å². The first-order valence-electron chi connectivity index (χ1n) is 7.14. The number of nitrogens with zero attached hydrogens (tertiary/aromatic N) is 3. The van der Waals surface area contributed by atoms with Crippen molar-refractivity contribution in [1.29, 1.82) is 0 Å². The van der Waals surface area contributed by atoms with Crippen LogP contribution in [0.5, 0.6) is 0 Å². The largest absolute Gasteiger partial charge is 0.335 e.